The average Bonchev–Trinajstić information content (AvgIpc) is 2.39. The van der Waals surface area contributed by atoms with Gasteiger partial charge in [-0.25, -0.2) is 0 Å². The lowest BCUT2D eigenvalue weighted by Crippen LogP contribution is -2.38. The summed E-state index contributed by atoms with van der Waals surface area (Å²) in [6.07, 6.45) is -4.74. The molecule has 0 spiro atoms. The van der Waals surface area contributed by atoms with Gasteiger partial charge < -0.3 is 10.6 Å². The minimum atomic E-state index is -4.90. The molecule has 0 fully saturated rings. The highest BCUT2D eigenvalue weighted by molar-refractivity contribution is 6.42. The summed E-state index contributed by atoms with van der Waals surface area (Å²) >= 11 is 11.5. The van der Waals surface area contributed by atoms with Crippen LogP contribution in [0.2, 0.25) is 10.0 Å². The summed E-state index contributed by atoms with van der Waals surface area (Å²) in [5.74, 6) is -2.44. The van der Waals surface area contributed by atoms with Gasteiger partial charge in [0.05, 0.1) is 10.0 Å². The monoisotopic (exact) mass is 342 g/mol. The van der Waals surface area contributed by atoms with E-state index >= 15 is 0 Å². The molecular formula is C12H11Cl2F3N2O2. The fraction of sp³-hybridized carbons (Fsp3) is 0.333. The van der Waals surface area contributed by atoms with E-state index in [1.165, 1.54) is 18.2 Å². The van der Waals surface area contributed by atoms with E-state index in [0.29, 0.717) is 5.02 Å². The number of nitrogens with one attached hydrogen (secondary N) is 2. The Labute approximate surface area is 128 Å². The minimum absolute atomic E-state index is 0.108. The molecule has 1 rings (SSSR count). The molecule has 1 aromatic rings. The van der Waals surface area contributed by atoms with Crippen molar-refractivity contribution in [3.8, 4) is 0 Å². The summed E-state index contributed by atoms with van der Waals surface area (Å²) < 4.78 is 35.6. The Balaban J connectivity index is 2.31. The first-order valence-electron chi connectivity index (χ1n) is 5.80. The largest absolute Gasteiger partial charge is 0.471 e. The standard InChI is InChI=1S/C12H11Cl2F3N2O2/c13-8-3-2-7(6-9(8)14)10(20)18-4-1-5-19-11(21)12(15,16)17/h2-3,6H,1,4-5H2,(H,18,20)(H,19,21). The van der Waals surface area contributed by atoms with Crippen LogP contribution in [0.5, 0.6) is 0 Å². The third-order valence-corrected chi connectivity index (χ3v) is 3.10. The number of hydrogen-bond donors (Lipinski definition) is 2. The highest BCUT2D eigenvalue weighted by Gasteiger charge is 2.38. The van der Waals surface area contributed by atoms with Crippen molar-refractivity contribution in [2.24, 2.45) is 0 Å². The molecule has 9 heteroatoms. The predicted octanol–water partition coefficient (Wildman–Crippen LogP) is 2.79. The number of alkyl halides is 3. The zero-order valence-electron chi connectivity index (χ0n) is 10.6. The molecule has 2 amide bonds. The van der Waals surface area contributed by atoms with Crippen LogP contribution in [-0.4, -0.2) is 31.1 Å². The SMILES string of the molecule is O=C(NCCCNC(=O)C(F)(F)F)c1ccc(Cl)c(Cl)c1. The van der Waals surface area contributed by atoms with Crippen LogP contribution in [-0.2, 0) is 4.79 Å². The van der Waals surface area contributed by atoms with Gasteiger partial charge >= 0.3 is 12.1 Å². The first-order chi connectivity index (χ1) is 9.71. The molecule has 0 radical (unpaired) electrons. The van der Waals surface area contributed by atoms with E-state index in [2.05, 4.69) is 5.32 Å². The van der Waals surface area contributed by atoms with Crippen LogP contribution in [0.4, 0.5) is 13.2 Å². The van der Waals surface area contributed by atoms with Crippen molar-refractivity contribution in [3.05, 3.63) is 33.8 Å². The van der Waals surface area contributed by atoms with E-state index in [1.54, 1.807) is 5.32 Å². The van der Waals surface area contributed by atoms with Crippen LogP contribution >= 0.6 is 23.2 Å². The summed E-state index contributed by atoms with van der Waals surface area (Å²) in [5, 5.41) is 4.72. The summed E-state index contributed by atoms with van der Waals surface area (Å²) in [6, 6.07) is 4.31. The van der Waals surface area contributed by atoms with E-state index in [1.807, 2.05) is 0 Å². The third kappa shape index (κ3) is 5.81. The van der Waals surface area contributed by atoms with Crippen LogP contribution in [0, 0.1) is 0 Å². The predicted molar refractivity (Wildman–Crippen MR) is 72.5 cm³/mol. The van der Waals surface area contributed by atoms with Crippen molar-refractivity contribution in [1.29, 1.82) is 0 Å². The molecule has 0 aliphatic heterocycles. The third-order valence-electron chi connectivity index (χ3n) is 2.36. The molecule has 1 aromatic carbocycles. The number of carbonyl (C=O) groups excluding carboxylic acids is 2. The Kier molecular flexibility index (Phi) is 6.29. The number of benzene rings is 1. The second-order valence-corrected chi connectivity index (χ2v) is 4.81. The van der Waals surface area contributed by atoms with Gasteiger partial charge in [0.2, 0.25) is 0 Å². The smallest absolute Gasteiger partial charge is 0.352 e. The van der Waals surface area contributed by atoms with Crippen LogP contribution < -0.4 is 10.6 Å². The lowest BCUT2D eigenvalue weighted by molar-refractivity contribution is -0.173. The fourth-order valence-electron chi connectivity index (χ4n) is 1.33. The molecule has 0 aliphatic carbocycles. The molecule has 21 heavy (non-hydrogen) atoms. The highest BCUT2D eigenvalue weighted by Crippen LogP contribution is 2.22. The van der Waals surface area contributed by atoms with Gasteiger partial charge in [0.25, 0.3) is 5.91 Å². The molecule has 0 bridgehead atoms. The topological polar surface area (TPSA) is 58.2 Å². The maximum Gasteiger partial charge on any atom is 0.471 e. The molecule has 0 saturated heterocycles. The zero-order valence-corrected chi connectivity index (χ0v) is 12.1. The number of amides is 2. The minimum Gasteiger partial charge on any atom is -0.352 e. The van der Waals surface area contributed by atoms with Crippen LogP contribution in [0.25, 0.3) is 0 Å². The van der Waals surface area contributed by atoms with Crippen LogP contribution in [0.3, 0.4) is 0 Å². The molecule has 0 aromatic heterocycles. The summed E-state index contributed by atoms with van der Waals surface area (Å²) in [4.78, 5) is 22.2. The number of rotatable bonds is 5. The second-order valence-electron chi connectivity index (χ2n) is 3.99. The van der Waals surface area contributed by atoms with E-state index < -0.39 is 18.0 Å². The first kappa shape index (κ1) is 17.6. The molecule has 0 unspecified atom stereocenters. The lowest BCUT2D eigenvalue weighted by atomic mass is 10.2. The Morgan fingerprint density at radius 2 is 1.67 bits per heavy atom. The molecular weight excluding hydrogens is 332 g/mol. The van der Waals surface area contributed by atoms with Gasteiger partial charge in [-0.05, 0) is 24.6 Å². The van der Waals surface area contributed by atoms with Gasteiger partial charge in [-0.1, -0.05) is 23.2 Å². The Morgan fingerprint density at radius 3 is 2.24 bits per heavy atom. The van der Waals surface area contributed by atoms with E-state index in [0.717, 1.165) is 0 Å². The van der Waals surface area contributed by atoms with Gasteiger partial charge in [-0.3, -0.25) is 9.59 Å². The molecule has 2 N–H and O–H groups in total. The number of halogens is 5. The van der Waals surface area contributed by atoms with Crippen molar-refractivity contribution in [2.45, 2.75) is 12.6 Å². The van der Waals surface area contributed by atoms with E-state index in [4.69, 9.17) is 23.2 Å². The molecule has 4 nitrogen and oxygen atoms in total. The van der Waals surface area contributed by atoms with Crippen molar-refractivity contribution < 1.29 is 22.8 Å². The zero-order chi connectivity index (χ0) is 16.0. The first-order valence-corrected chi connectivity index (χ1v) is 6.55. The molecule has 0 saturated carbocycles. The Morgan fingerprint density at radius 1 is 1.05 bits per heavy atom. The van der Waals surface area contributed by atoms with Crippen LogP contribution in [0.15, 0.2) is 18.2 Å². The van der Waals surface area contributed by atoms with Crippen molar-refractivity contribution in [2.75, 3.05) is 13.1 Å². The summed E-state index contributed by atoms with van der Waals surface area (Å²) in [5.41, 5.74) is 0.281. The Hall–Kier alpha value is -1.47. The van der Waals surface area contributed by atoms with Crippen molar-refractivity contribution >= 4 is 35.0 Å². The second kappa shape index (κ2) is 7.51. The summed E-state index contributed by atoms with van der Waals surface area (Å²) in [6.45, 7) is -0.0861. The van der Waals surface area contributed by atoms with Crippen molar-refractivity contribution in [3.63, 3.8) is 0 Å². The van der Waals surface area contributed by atoms with E-state index in [9.17, 15) is 22.8 Å². The fourth-order valence-corrected chi connectivity index (χ4v) is 1.63. The quantitative estimate of drug-likeness (QED) is 0.808. The van der Waals surface area contributed by atoms with Gasteiger partial charge in [0.15, 0.2) is 0 Å². The van der Waals surface area contributed by atoms with Crippen LogP contribution in [0.1, 0.15) is 16.8 Å². The van der Waals surface area contributed by atoms with Gasteiger partial charge in [-0.15, -0.1) is 0 Å². The maximum absolute atomic E-state index is 11.9. The molecule has 116 valence electrons. The van der Waals surface area contributed by atoms with Crippen molar-refractivity contribution in [1.82, 2.24) is 10.6 Å². The maximum atomic E-state index is 11.9. The lowest BCUT2D eigenvalue weighted by Gasteiger charge is -2.08. The molecule has 0 aliphatic rings. The van der Waals surface area contributed by atoms with Gasteiger partial charge in [-0.2, -0.15) is 13.2 Å². The highest BCUT2D eigenvalue weighted by atomic mass is 35.5. The molecule has 0 heterocycles. The van der Waals surface area contributed by atoms with Gasteiger partial charge in [0.1, 0.15) is 0 Å². The molecule has 0 atom stereocenters. The Bertz CT molecular complexity index is 536. The normalized spacial score (nSPS) is 11.1. The van der Waals surface area contributed by atoms with E-state index in [-0.39, 0.29) is 30.1 Å². The number of carbonyl (C=O) groups is 2. The van der Waals surface area contributed by atoms with Gasteiger partial charge in [0, 0.05) is 18.7 Å². The average molecular weight is 343 g/mol. The number of hydrogen-bond acceptors (Lipinski definition) is 2. The summed E-state index contributed by atoms with van der Waals surface area (Å²) in [7, 11) is 0.